The van der Waals surface area contributed by atoms with Crippen molar-refractivity contribution < 1.29 is 18.0 Å². The second-order valence-electron chi connectivity index (χ2n) is 11.9. The van der Waals surface area contributed by atoms with Crippen LogP contribution in [0, 0.1) is 26.7 Å². The Morgan fingerprint density at radius 1 is 0.756 bits per heavy atom. The van der Waals surface area contributed by atoms with Gasteiger partial charge in [0.25, 0.3) is 10.0 Å². The van der Waals surface area contributed by atoms with Gasteiger partial charge in [-0.1, -0.05) is 104 Å². The highest BCUT2D eigenvalue weighted by molar-refractivity contribution is 7.92. The van der Waals surface area contributed by atoms with E-state index in [0.717, 1.165) is 27.8 Å². The summed E-state index contributed by atoms with van der Waals surface area (Å²) >= 11 is 0. The number of carbonyl (C=O) groups excluding carboxylic acids is 2. The predicted octanol–water partition coefficient (Wildman–Crippen LogP) is 6.22. The van der Waals surface area contributed by atoms with E-state index in [2.05, 4.69) is 5.32 Å². The van der Waals surface area contributed by atoms with Crippen molar-refractivity contribution in [1.29, 1.82) is 0 Å². The maximum Gasteiger partial charge on any atom is 0.264 e. The minimum Gasteiger partial charge on any atom is -0.354 e. The number of hydrogen-bond acceptors (Lipinski definition) is 4. The van der Waals surface area contributed by atoms with Gasteiger partial charge in [-0.2, -0.15) is 0 Å². The van der Waals surface area contributed by atoms with Gasteiger partial charge in [0, 0.05) is 19.5 Å². The third-order valence-corrected chi connectivity index (χ3v) is 9.66. The SMILES string of the molecule is Cc1ccc(S(=O)(=O)N(CC(=O)N(Cc2ccccc2)C(Cc2ccccc2)C(=O)NCC(C)C)c2cccc(C)c2C)cc1. The molecule has 2 amide bonds. The largest absolute Gasteiger partial charge is 0.354 e. The lowest BCUT2D eigenvalue weighted by atomic mass is 10.0. The van der Waals surface area contributed by atoms with Crippen LogP contribution in [-0.2, 0) is 32.6 Å². The number of benzene rings is 4. The third-order valence-electron chi connectivity index (χ3n) is 7.88. The molecule has 1 atom stereocenters. The highest BCUT2D eigenvalue weighted by Gasteiger charge is 2.35. The van der Waals surface area contributed by atoms with Gasteiger partial charge < -0.3 is 10.2 Å². The number of hydrogen-bond donors (Lipinski definition) is 1. The van der Waals surface area contributed by atoms with E-state index < -0.39 is 28.5 Å². The van der Waals surface area contributed by atoms with Crippen molar-refractivity contribution in [3.63, 3.8) is 0 Å². The fourth-order valence-corrected chi connectivity index (χ4v) is 6.58. The first-order chi connectivity index (χ1) is 21.5. The average molecular weight is 626 g/mol. The lowest BCUT2D eigenvalue weighted by molar-refractivity contribution is -0.140. The fraction of sp³-hybridized carbons (Fsp3) is 0.297. The average Bonchev–Trinajstić information content (AvgIpc) is 3.03. The van der Waals surface area contributed by atoms with Crippen LogP contribution < -0.4 is 9.62 Å². The summed E-state index contributed by atoms with van der Waals surface area (Å²) in [4.78, 5) is 30.0. The van der Waals surface area contributed by atoms with Gasteiger partial charge in [0.2, 0.25) is 11.8 Å². The minimum atomic E-state index is -4.15. The fourth-order valence-electron chi connectivity index (χ4n) is 5.11. The van der Waals surface area contributed by atoms with E-state index in [0.29, 0.717) is 12.2 Å². The van der Waals surface area contributed by atoms with Gasteiger partial charge in [0.05, 0.1) is 10.6 Å². The van der Waals surface area contributed by atoms with Crippen LogP contribution in [0.15, 0.2) is 108 Å². The summed E-state index contributed by atoms with van der Waals surface area (Å²) in [5.74, 6) is -0.545. The second-order valence-corrected chi connectivity index (χ2v) is 13.8. The van der Waals surface area contributed by atoms with Crippen molar-refractivity contribution in [3.05, 3.63) is 131 Å². The Bertz CT molecular complexity index is 1690. The van der Waals surface area contributed by atoms with Crippen LogP contribution in [0.2, 0.25) is 0 Å². The summed E-state index contributed by atoms with van der Waals surface area (Å²) in [6.45, 7) is 9.79. The van der Waals surface area contributed by atoms with Gasteiger partial charge in [0.15, 0.2) is 0 Å². The summed E-state index contributed by atoms with van der Waals surface area (Å²) in [7, 11) is -4.15. The zero-order valence-electron chi connectivity index (χ0n) is 26.7. The molecule has 45 heavy (non-hydrogen) atoms. The predicted molar refractivity (Wildman–Crippen MR) is 180 cm³/mol. The van der Waals surface area contributed by atoms with E-state index in [1.807, 2.05) is 101 Å². The normalized spacial score (nSPS) is 12.0. The molecule has 0 saturated carbocycles. The summed E-state index contributed by atoms with van der Waals surface area (Å²) < 4.78 is 29.7. The summed E-state index contributed by atoms with van der Waals surface area (Å²) in [6, 6.07) is 30.2. The maximum absolute atomic E-state index is 14.6. The third kappa shape index (κ3) is 8.60. The van der Waals surface area contributed by atoms with E-state index in [9.17, 15) is 18.0 Å². The smallest absolute Gasteiger partial charge is 0.264 e. The molecule has 8 heteroatoms. The van der Waals surface area contributed by atoms with E-state index in [1.165, 1.54) is 9.21 Å². The number of aryl methyl sites for hydroxylation is 2. The molecule has 0 bridgehead atoms. The first-order valence-electron chi connectivity index (χ1n) is 15.3. The minimum absolute atomic E-state index is 0.0897. The van der Waals surface area contributed by atoms with Gasteiger partial charge in [0.1, 0.15) is 12.6 Å². The van der Waals surface area contributed by atoms with Gasteiger partial charge in [-0.15, -0.1) is 0 Å². The topological polar surface area (TPSA) is 86.8 Å². The molecule has 0 fully saturated rings. The molecule has 0 heterocycles. The number of nitrogens with one attached hydrogen (secondary N) is 1. The van der Waals surface area contributed by atoms with Crippen LogP contribution in [0.5, 0.6) is 0 Å². The van der Waals surface area contributed by atoms with Crippen molar-refractivity contribution >= 4 is 27.5 Å². The zero-order valence-corrected chi connectivity index (χ0v) is 27.6. The molecule has 0 saturated heterocycles. The van der Waals surface area contributed by atoms with Crippen molar-refractivity contribution in [2.45, 2.75) is 58.5 Å². The molecule has 4 aromatic rings. The highest BCUT2D eigenvalue weighted by Crippen LogP contribution is 2.29. The van der Waals surface area contributed by atoms with Crippen molar-refractivity contribution in [3.8, 4) is 0 Å². The van der Waals surface area contributed by atoms with Gasteiger partial charge in [-0.05, 0) is 67.1 Å². The molecule has 7 nitrogen and oxygen atoms in total. The number of carbonyl (C=O) groups is 2. The number of amides is 2. The highest BCUT2D eigenvalue weighted by atomic mass is 32.2. The summed E-state index contributed by atoms with van der Waals surface area (Å²) in [5.41, 5.74) is 4.74. The molecule has 1 unspecified atom stereocenters. The Balaban J connectivity index is 1.81. The Morgan fingerprint density at radius 3 is 1.96 bits per heavy atom. The number of nitrogens with zero attached hydrogens (tertiary/aromatic N) is 2. The Labute approximate surface area is 268 Å². The van der Waals surface area contributed by atoms with Crippen LogP contribution in [0.25, 0.3) is 0 Å². The standard InChI is InChI=1S/C37H43N3O4S/c1-27(2)24-38-37(42)35(23-31-14-8-6-9-15-31)39(25-32-16-10-7-11-17-32)36(41)26-40(34-18-12-13-29(4)30(34)5)45(43,44)33-21-19-28(3)20-22-33/h6-22,27,35H,23-26H2,1-5H3,(H,38,42). The van der Waals surface area contributed by atoms with Gasteiger partial charge >= 0.3 is 0 Å². The first-order valence-corrected chi connectivity index (χ1v) is 16.7. The van der Waals surface area contributed by atoms with E-state index in [4.69, 9.17) is 0 Å². The molecule has 4 aromatic carbocycles. The van der Waals surface area contributed by atoms with Crippen molar-refractivity contribution in [2.24, 2.45) is 5.92 Å². The molecule has 0 spiro atoms. The molecular formula is C37H43N3O4S. The van der Waals surface area contributed by atoms with Crippen molar-refractivity contribution in [1.82, 2.24) is 10.2 Å². The molecule has 0 aliphatic heterocycles. The molecule has 0 aliphatic rings. The van der Waals surface area contributed by atoms with Crippen LogP contribution in [0.3, 0.4) is 0 Å². The molecule has 0 radical (unpaired) electrons. The first kappa shape index (κ1) is 33.5. The maximum atomic E-state index is 14.6. The van der Waals surface area contributed by atoms with Crippen LogP contribution >= 0.6 is 0 Å². The van der Waals surface area contributed by atoms with Crippen LogP contribution in [0.4, 0.5) is 5.69 Å². The zero-order chi connectivity index (χ0) is 32.6. The quantitative estimate of drug-likeness (QED) is 0.191. The number of sulfonamides is 1. The summed E-state index contributed by atoms with van der Waals surface area (Å²) in [6.07, 6.45) is 0.275. The van der Waals surface area contributed by atoms with E-state index in [1.54, 1.807) is 36.4 Å². The Morgan fingerprint density at radius 2 is 1.36 bits per heavy atom. The Kier molecular flexibility index (Phi) is 11.2. The molecule has 236 valence electrons. The number of rotatable bonds is 13. The lowest BCUT2D eigenvalue weighted by Crippen LogP contribution is -2.53. The van der Waals surface area contributed by atoms with Gasteiger partial charge in [-0.25, -0.2) is 8.42 Å². The van der Waals surface area contributed by atoms with Gasteiger partial charge in [-0.3, -0.25) is 13.9 Å². The van der Waals surface area contributed by atoms with E-state index >= 15 is 0 Å². The Hall–Kier alpha value is -4.43. The second kappa shape index (κ2) is 15.0. The number of anilines is 1. The molecule has 0 aliphatic carbocycles. The lowest BCUT2D eigenvalue weighted by Gasteiger charge is -2.34. The van der Waals surface area contributed by atoms with Crippen LogP contribution in [0.1, 0.15) is 41.7 Å². The van der Waals surface area contributed by atoms with Crippen LogP contribution in [-0.4, -0.2) is 44.3 Å². The molecular weight excluding hydrogens is 582 g/mol. The molecule has 0 aromatic heterocycles. The molecule has 1 N–H and O–H groups in total. The van der Waals surface area contributed by atoms with E-state index in [-0.39, 0.29) is 29.7 Å². The monoisotopic (exact) mass is 625 g/mol. The molecule has 4 rings (SSSR count). The summed E-state index contributed by atoms with van der Waals surface area (Å²) in [5, 5.41) is 3.02. The van der Waals surface area contributed by atoms with Crippen molar-refractivity contribution in [2.75, 3.05) is 17.4 Å².